The minimum absolute atomic E-state index is 0. The van der Waals surface area contributed by atoms with E-state index in [0.717, 1.165) is 24.8 Å². The van der Waals surface area contributed by atoms with Gasteiger partial charge in [-0.15, -0.1) is 0 Å². The van der Waals surface area contributed by atoms with E-state index < -0.39 is 0 Å². The molecular weight excluding hydrogens is 286 g/mol. The van der Waals surface area contributed by atoms with Crippen LogP contribution < -0.4 is 12.4 Å². The normalized spacial score (nSPS) is 12.4. The summed E-state index contributed by atoms with van der Waals surface area (Å²) in [7, 11) is 6.08. The number of halogens is 1. The number of hydrogen-bond acceptors (Lipinski definition) is 2. The Balaban J connectivity index is 0.00000400. The van der Waals surface area contributed by atoms with Gasteiger partial charge in [0.25, 0.3) is 0 Å². The van der Waals surface area contributed by atoms with Crippen molar-refractivity contribution in [3.05, 3.63) is 35.4 Å². The quantitative estimate of drug-likeness (QED) is 0.416. The zero-order valence-corrected chi connectivity index (χ0v) is 14.6. The van der Waals surface area contributed by atoms with Gasteiger partial charge in [-0.05, 0) is 19.4 Å². The molecular formula is C17H28ClNO2. The molecule has 0 fully saturated rings. The lowest BCUT2D eigenvalue weighted by molar-refractivity contribution is -0.893. The average Bonchev–Trinajstić information content (AvgIpc) is 2.33. The van der Waals surface area contributed by atoms with E-state index >= 15 is 0 Å². The average molecular weight is 314 g/mol. The predicted molar refractivity (Wildman–Crippen MR) is 82.4 cm³/mol. The maximum atomic E-state index is 12.4. The van der Waals surface area contributed by atoms with Gasteiger partial charge in [0.1, 0.15) is 0 Å². The van der Waals surface area contributed by atoms with Crippen LogP contribution in [-0.4, -0.2) is 38.2 Å². The number of benzene rings is 1. The van der Waals surface area contributed by atoms with Gasteiger partial charge in [0.2, 0.25) is 6.04 Å². The highest BCUT2D eigenvalue weighted by Gasteiger charge is 2.34. The molecule has 3 nitrogen and oxygen atoms in total. The fourth-order valence-corrected chi connectivity index (χ4v) is 2.34. The Bertz CT molecular complexity index is 441. The van der Waals surface area contributed by atoms with Crippen molar-refractivity contribution in [3.63, 3.8) is 0 Å². The number of hydrogen-bond donors (Lipinski definition) is 0. The van der Waals surface area contributed by atoms with E-state index in [1.54, 1.807) is 0 Å². The lowest BCUT2D eigenvalue weighted by Gasteiger charge is -2.32. The molecule has 1 atom stereocenters. The molecule has 1 unspecified atom stereocenters. The molecule has 0 aliphatic rings. The molecule has 0 heterocycles. The van der Waals surface area contributed by atoms with Crippen molar-refractivity contribution in [1.82, 2.24) is 0 Å². The summed E-state index contributed by atoms with van der Waals surface area (Å²) in [6, 6.07) is 7.85. The summed E-state index contributed by atoms with van der Waals surface area (Å²) >= 11 is 0. The van der Waals surface area contributed by atoms with Gasteiger partial charge in [-0.1, -0.05) is 43.5 Å². The Morgan fingerprint density at radius 2 is 1.90 bits per heavy atom. The van der Waals surface area contributed by atoms with Crippen molar-refractivity contribution in [2.75, 3.05) is 27.7 Å². The van der Waals surface area contributed by atoms with Crippen molar-refractivity contribution in [3.8, 4) is 0 Å². The molecule has 0 saturated heterocycles. The fraction of sp³-hybridized carbons (Fsp3) is 0.588. The van der Waals surface area contributed by atoms with Crippen LogP contribution >= 0.6 is 0 Å². The smallest absolute Gasteiger partial charge is 0.369 e. The van der Waals surface area contributed by atoms with Crippen LogP contribution in [0.1, 0.15) is 43.4 Å². The third-order valence-corrected chi connectivity index (χ3v) is 3.35. The summed E-state index contributed by atoms with van der Waals surface area (Å²) in [6.07, 6.45) is 3.18. The summed E-state index contributed by atoms with van der Waals surface area (Å²) in [4.78, 5) is 12.4. The molecule has 120 valence electrons. The van der Waals surface area contributed by atoms with Gasteiger partial charge in [0.15, 0.2) is 0 Å². The second-order valence-electron chi connectivity index (χ2n) is 6.31. The monoisotopic (exact) mass is 313 g/mol. The molecule has 0 spiro atoms. The summed E-state index contributed by atoms with van der Waals surface area (Å²) in [6.45, 7) is 4.71. The van der Waals surface area contributed by atoms with Gasteiger partial charge in [-0.3, -0.25) is 0 Å². The third-order valence-electron chi connectivity index (χ3n) is 3.35. The number of ether oxygens (including phenoxy) is 1. The lowest BCUT2D eigenvalue weighted by Crippen LogP contribution is -3.00. The summed E-state index contributed by atoms with van der Waals surface area (Å²) < 4.78 is 6.01. The number of carbonyl (C=O) groups excluding carboxylic acids is 1. The summed E-state index contributed by atoms with van der Waals surface area (Å²) in [5.41, 5.74) is 2.19. The first-order valence-electron chi connectivity index (χ1n) is 7.40. The molecule has 1 aromatic carbocycles. The topological polar surface area (TPSA) is 26.3 Å². The SMILES string of the molecule is CCCCCOC(=O)C(c1cccc(C)c1)[N+](C)(C)C.[Cl-]. The van der Waals surface area contributed by atoms with Crippen LogP contribution in [0.5, 0.6) is 0 Å². The van der Waals surface area contributed by atoms with Crippen LogP contribution in [-0.2, 0) is 9.53 Å². The van der Waals surface area contributed by atoms with Gasteiger partial charge in [-0.2, -0.15) is 0 Å². The molecule has 0 aromatic heterocycles. The summed E-state index contributed by atoms with van der Waals surface area (Å²) in [5, 5.41) is 0. The molecule has 4 heteroatoms. The van der Waals surface area contributed by atoms with E-state index in [0.29, 0.717) is 11.1 Å². The molecule has 0 N–H and O–H groups in total. The van der Waals surface area contributed by atoms with Crippen LogP contribution in [0.4, 0.5) is 0 Å². The van der Waals surface area contributed by atoms with Crippen LogP contribution in [0.15, 0.2) is 24.3 Å². The molecule has 0 aliphatic heterocycles. The highest BCUT2D eigenvalue weighted by Crippen LogP contribution is 2.25. The van der Waals surface area contributed by atoms with Gasteiger partial charge in [0.05, 0.1) is 27.7 Å². The zero-order valence-electron chi connectivity index (χ0n) is 13.9. The van der Waals surface area contributed by atoms with Crippen molar-refractivity contribution < 1.29 is 26.4 Å². The van der Waals surface area contributed by atoms with Crippen molar-refractivity contribution >= 4 is 5.97 Å². The van der Waals surface area contributed by atoms with Crippen LogP contribution in [0, 0.1) is 6.92 Å². The van der Waals surface area contributed by atoms with Crippen molar-refractivity contribution in [2.45, 2.75) is 39.2 Å². The first-order valence-corrected chi connectivity index (χ1v) is 7.40. The Kier molecular flexibility index (Phi) is 8.60. The molecule has 0 radical (unpaired) electrons. The lowest BCUT2D eigenvalue weighted by atomic mass is 10.0. The number of esters is 1. The third kappa shape index (κ3) is 6.49. The minimum Gasteiger partial charge on any atom is -1.00 e. The van der Waals surface area contributed by atoms with E-state index in [2.05, 4.69) is 13.0 Å². The number of carbonyl (C=O) groups is 1. The number of unbranched alkanes of at least 4 members (excludes halogenated alkanes) is 2. The van der Waals surface area contributed by atoms with E-state index in [9.17, 15) is 4.79 Å². The molecule has 0 aliphatic carbocycles. The maximum absolute atomic E-state index is 12.4. The largest absolute Gasteiger partial charge is 1.00 e. The standard InChI is InChI=1S/C17H28NO2.ClH/c1-6-7-8-12-20-17(19)16(18(3,4)5)15-11-9-10-14(2)13-15;/h9-11,13,16H,6-8,12H2,1-5H3;1H/q+1;/p-1. The van der Waals surface area contributed by atoms with E-state index in [1.165, 1.54) is 5.56 Å². The van der Waals surface area contributed by atoms with Crippen LogP contribution in [0.3, 0.4) is 0 Å². The number of aryl methyl sites for hydroxylation is 1. The fourth-order valence-electron chi connectivity index (χ4n) is 2.34. The molecule has 1 rings (SSSR count). The Morgan fingerprint density at radius 3 is 2.43 bits per heavy atom. The van der Waals surface area contributed by atoms with Crippen molar-refractivity contribution in [2.24, 2.45) is 0 Å². The Hall–Kier alpha value is -1.06. The first-order chi connectivity index (χ1) is 9.36. The van der Waals surface area contributed by atoms with Gasteiger partial charge in [0, 0.05) is 5.56 Å². The molecule has 21 heavy (non-hydrogen) atoms. The van der Waals surface area contributed by atoms with Gasteiger partial charge < -0.3 is 21.6 Å². The second kappa shape index (κ2) is 9.06. The highest BCUT2D eigenvalue weighted by atomic mass is 35.5. The number of quaternary nitrogens is 1. The number of nitrogens with zero attached hydrogens (tertiary/aromatic N) is 1. The second-order valence-corrected chi connectivity index (χ2v) is 6.31. The van der Waals surface area contributed by atoms with Gasteiger partial charge in [-0.25, -0.2) is 4.79 Å². The molecule has 1 aromatic rings. The Labute approximate surface area is 135 Å². The van der Waals surface area contributed by atoms with E-state index in [-0.39, 0.29) is 24.4 Å². The number of rotatable bonds is 7. The Morgan fingerprint density at radius 1 is 1.24 bits per heavy atom. The minimum atomic E-state index is -0.267. The summed E-state index contributed by atoms with van der Waals surface area (Å²) in [5.74, 6) is -0.126. The molecule has 0 amide bonds. The van der Waals surface area contributed by atoms with E-state index in [1.807, 2.05) is 46.3 Å². The van der Waals surface area contributed by atoms with Crippen LogP contribution in [0.2, 0.25) is 0 Å². The first kappa shape index (κ1) is 19.9. The van der Waals surface area contributed by atoms with E-state index in [4.69, 9.17) is 4.74 Å². The predicted octanol–water partition coefficient (Wildman–Crippen LogP) is 0.480. The van der Waals surface area contributed by atoms with Gasteiger partial charge >= 0.3 is 5.97 Å². The van der Waals surface area contributed by atoms with Crippen molar-refractivity contribution in [1.29, 1.82) is 0 Å². The zero-order chi connectivity index (χ0) is 15.2. The maximum Gasteiger partial charge on any atom is 0.369 e. The molecule has 0 bridgehead atoms. The highest BCUT2D eigenvalue weighted by molar-refractivity contribution is 5.76. The molecule has 0 saturated carbocycles. The van der Waals surface area contributed by atoms with Crippen LogP contribution in [0.25, 0.3) is 0 Å². The number of likely N-dealkylation sites (N-methyl/N-ethyl adjacent to an activating group) is 1.